The molecule has 0 radical (unpaired) electrons. The van der Waals surface area contributed by atoms with Gasteiger partial charge in [-0.15, -0.1) is 0 Å². The molecule has 1 aliphatic rings. The number of anilines is 2. The summed E-state index contributed by atoms with van der Waals surface area (Å²) in [5.74, 6) is 0. The fourth-order valence-corrected chi connectivity index (χ4v) is 5.41. The summed E-state index contributed by atoms with van der Waals surface area (Å²) < 4.78 is 2.49. The minimum absolute atomic E-state index is 0.776. The quantitative estimate of drug-likeness (QED) is 0.258. The van der Waals surface area contributed by atoms with E-state index in [0.717, 1.165) is 6.67 Å². The average molecular weight is 423 g/mol. The molecule has 33 heavy (non-hydrogen) atoms. The Labute approximate surface area is 192 Å². The van der Waals surface area contributed by atoms with Crippen molar-refractivity contribution in [3.8, 4) is 0 Å². The molecule has 0 amide bonds. The van der Waals surface area contributed by atoms with Crippen LogP contribution in [0.4, 0.5) is 11.4 Å². The van der Waals surface area contributed by atoms with Crippen LogP contribution in [0.5, 0.6) is 0 Å². The van der Waals surface area contributed by atoms with Crippen molar-refractivity contribution >= 4 is 54.7 Å². The van der Waals surface area contributed by atoms with Gasteiger partial charge in [-0.3, -0.25) is 0 Å². The van der Waals surface area contributed by atoms with Gasteiger partial charge in [0.05, 0.1) is 16.7 Å². The number of benzene rings is 5. The van der Waals surface area contributed by atoms with Gasteiger partial charge in [0, 0.05) is 16.5 Å². The highest BCUT2D eigenvalue weighted by Gasteiger charge is 2.23. The van der Waals surface area contributed by atoms with Crippen LogP contribution in [0.15, 0.2) is 121 Å². The zero-order valence-electron chi connectivity index (χ0n) is 18.1. The lowest BCUT2D eigenvalue weighted by atomic mass is 10.0. The molecule has 1 aliphatic heterocycles. The minimum atomic E-state index is 0.776. The van der Waals surface area contributed by atoms with Crippen molar-refractivity contribution in [3.05, 3.63) is 121 Å². The molecule has 0 saturated heterocycles. The van der Waals surface area contributed by atoms with Crippen LogP contribution in [-0.4, -0.2) is 4.57 Å². The Bertz CT molecular complexity index is 1740. The average Bonchev–Trinajstić information content (AvgIpc) is 3.30. The van der Waals surface area contributed by atoms with Crippen LogP contribution in [0.1, 0.15) is 0 Å². The first-order chi connectivity index (χ1) is 16.4. The lowest BCUT2D eigenvalue weighted by molar-refractivity contribution is 0.795. The number of fused-ring (bicyclic) bond motifs is 7. The summed E-state index contributed by atoms with van der Waals surface area (Å²) >= 11 is 0. The lowest BCUT2D eigenvalue weighted by Crippen LogP contribution is -2.14. The van der Waals surface area contributed by atoms with Crippen LogP contribution < -0.4 is 4.90 Å². The molecular weight excluding hydrogens is 400 g/mol. The summed E-state index contributed by atoms with van der Waals surface area (Å²) in [6.45, 7) is 0.776. The van der Waals surface area contributed by atoms with Gasteiger partial charge in [0.1, 0.15) is 6.67 Å². The highest BCUT2D eigenvalue weighted by Crippen LogP contribution is 2.41. The van der Waals surface area contributed by atoms with E-state index in [-0.39, 0.29) is 0 Å². The van der Waals surface area contributed by atoms with Crippen molar-refractivity contribution in [3.63, 3.8) is 0 Å². The van der Waals surface area contributed by atoms with E-state index in [1.165, 1.54) is 54.7 Å². The molecule has 2 nitrogen and oxygen atoms in total. The van der Waals surface area contributed by atoms with Gasteiger partial charge < -0.3 is 9.47 Å². The molecule has 6 aromatic rings. The molecule has 0 saturated carbocycles. The maximum absolute atomic E-state index is 2.49. The predicted octanol–water partition coefficient (Wildman–Crippen LogP) is 8.33. The van der Waals surface area contributed by atoms with Crippen LogP contribution >= 0.6 is 0 Å². The topological polar surface area (TPSA) is 8.17 Å². The van der Waals surface area contributed by atoms with Crippen molar-refractivity contribution in [1.82, 2.24) is 4.57 Å². The predicted molar refractivity (Wildman–Crippen MR) is 141 cm³/mol. The molecule has 0 fully saturated rings. The molecule has 0 N–H and O–H groups in total. The molecule has 156 valence electrons. The Balaban J connectivity index is 1.80. The van der Waals surface area contributed by atoms with Crippen LogP contribution in [0.25, 0.3) is 43.4 Å². The largest absolute Gasteiger partial charge is 0.321 e. The molecule has 2 heterocycles. The first kappa shape index (κ1) is 18.3. The van der Waals surface area contributed by atoms with Gasteiger partial charge in [0.2, 0.25) is 0 Å². The van der Waals surface area contributed by atoms with Crippen molar-refractivity contribution in [1.29, 1.82) is 0 Å². The molecule has 0 bridgehead atoms. The van der Waals surface area contributed by atoms with Gasteiger partial charge in [0.15, 0.2) is 0 Å². The summed E-state index contributed by atoms with van der Waals surface area (Å²) in [5, 5.41) is 7.63. The number of para-hydroxylation sites is 3. The Hall–Kier alpha value is -4.30. The smallest absolute Gasteiger partial charge is 0.100 e. The maximum Gasteiger partial charge on any atom is 0.100 e. The molecule has 0 atom stereocenters. The van der Waals surface area contributed by atoms with E-state index in [1.54, 1.807) is 0 Å². The Kier molecular flexibility index (Phi) is 3.94. The van der Waals surface area contributed by atoms with Crippen molar-refractivity contribution in [2.75, 3.05) is 4.90 Å². The van der Waals surface area contributed by atoms with Crippen LogP contribution in [0.3, 0.4) is 0 Å². The number of nitrogens with zero attached hydrogens (tertiary/aromatic N) is 2. The number of aromatic nitrogens is 1. The third kappa shape index (κ3) is 2.68. The normalized spacial score (nSPS) is 12.7. The highest BCUT2D eigenvalue weighted by molar-refractivity contribution is 6.20. The maximum atomic E-state index is 2.49. The number of hydrogen-bond acceptors (Lipinski definition) is 1. The van der Waals surface area contributed by atoms with E-state index in [0.29, 0.717) is 0 Å². The van der Waals surface area contributed by atoms with Crippen LogP contribution in [-0.2, 0) is 6.67 Å². The van der Waals surface area contributed by atoms with E-state index < -0.39 is 0 Å². The highest BCUT2D eigenvalue weighted by atomic mass is 15.3. The van der Waals surface area contributed by atoms with E-state index in [9.17, 15) is 0 Å². The molecule has 7 rings (SSSR count). The molecule has 0 spiro atoms. The fraction of sp³-hybridized carbons (Fsp3) is 0.0323. The summed E-state index contributed by atoms with van der Waals surface area (Å²) in [5.41, 5.74) is 4.97. The van der Waals surface area contributed by atoms with Gasteiger partial charge in [0.25, 0.3) is 0 Å². The Morgan fingerprint density at radius 2 is 0.939 bits per heavy atom. The minimum Gasteiger partial charge on any atom is -0.321 e. The van der Waals surface area contributed by atoms with Gasteiger partial charge in [-0.1, -0.05) is 97.1 Å². The first-order valence-corrected chi connectivity index (χ1v) is 11.4. The van der Waals surface area contributed by atoms with E-state index in [1.807, 2.05) is 0 Å². The SMILES string of the molecule is c1ccc(N2Cn3c4ccccc4c4ccccc4c4ccccc4c4cccc2c43)cc1. The van der Waals surface area contributed by atoms with Crippen molar-refractivity contribution in [2.24, 2.45) is 0 Å². The first-order valence-electron chi connectivity index (χ1n) is 11.4. The third-order valence-electron chi connectivity index (χ3n) is 6.85. The number of rotatable bonds is 1. The molecule has 0 unspecified atom stereocenters. The Morgan fingerprint density at radius 3 is 1.64 bits per heavy atom. The Morgan fingerprint density at radius 1 is 0.424 bits per heavy atom. The van der Waals surface area contributed by atoms with E-state index >= 15 is 0 Å². The summed E-state index contributed by atoms with van der Waals surface area (Å²) in [4.78, 5) is 2.42. The summed E-state index contributed by atoms with van der Waals surface area (Å²) in [6.07, 6.45) is 0. The molecule has 0 aliphatic carbocycles. The van der Waals surface area contributed by atoms with Crippen molar-refractivity contribution < 1.29 is 0 Å². The van der Waals surface area contributed by atoms with Crippen LogP contribution in [0.2, 0.25) is 0 Å². The number of hydrogen-bond donors (Lipinski definition) is 0. The second-order valence-electron chi connectivity index (χ2n) is 8.61. The zero-order valence-corrected chi connectivity index (χ0v) is 18.1. The van der Waals surface area contributed by atoms with Gasteiger partial charge in [-0.25, -0.2) is 0 Å². The standard InChI is InChI=1S/C31H22N2/c1-2-11-22(12-3-1)32-21-33-29-19-9-8-17-27(29)25-15-6-4-13-23(25)24-14-5-7-16-26(24)28-18-10-20-30(32)31(28)33/h1-20H,21H2. The van der Waals surface area contributed by atoms with Gasteiger partial charge in [-0.2, -0.15) is 0 Å². The third-order valence-corrected chi connectivity index (χ3v) is 6.85. The summed E-state index contributed by atoms with van der Waals surface area (Å²) in [7, 11) is 0. The second-order valence-corrected chi connectivity index (χ2v) is 8.61. The summed E-state index contributed by atoms with van der Waals surface area (Å²) in [6, 6.07) is 43.9. The van der Waals surface area contributed by atoms with Gasteiger partial charge >= 0.3 is 0 Å². The monoisotopic (exact) mass is 422 g/mol. The van der Waals surface area contributed by atoms with Crippen molar-refractivity contribution in [2.45, 2.75) is 6.67 Å². The molecule has 2 heteroatoms. The molecular formula is C31H22N2. The van der Waals surface area contributed by atoms with E-state index in [4.69, 9.17) is 0 Å². The van der Waals surface area contributed by atoms with Crippen LogP contribution in [0, 0.1) is 0 Å². The second kappa shape index (κ2) is 7.11. The fourth-order valence-electron chi connectivity index (χ4n) is 5.41. The van der Waals surface area contributed by atoms with E-state index in [2.05, 4.69) is 131 Å². The molecule has 1 aromatic heterocycles. The van der Waals surface area contributed by atoms with Gasteiger partial charge in [-0.05, 0) is 45.8 Å². The zero-order chi connectivity index (χ0) is 21.8. The molecule has 5 aromatic carbocycles. The lowest BCUT2D eigenvalue weighted by Gasteiger charge is -2.19.